The molecule has 1 rings (SSSR count). The van der Waals surface area contributed by atoms with Crippen LogP contribution in [0.2, 0.25) is 19.6 Å². The number of hydrogen-bond acceptors (Lipinski definition) is 2. The molecule has 0 spiro atoms. The summed E-state index contributed by atoms with van der Waals surface area (Å²) in [7, 11) is -1.20. The van der Waals surface area contributed by atoms with Gasteiger partial charge in [-0.25, -0.2) is 0 Å². The van der Waals surface area contributed by atoms with Crippen LogP contribution in [-0.2, 0) is 11.3 Å². The monoisotopic (exact) mass is 292 g/mol. The van der Waals surface area contributed by atoms with Gasteiger partial charge in [-0.05, 0) is 19.4 Å². The molecular weight excluding hydrogens is 264 g/mol. The molecule has 0 saturated carbocycles. The maximum atomic E-state index is 11.5. The highest BCUT2D eigenvalue weighted by Gasteiger charge is 2.15. The van der Waals surface area contributed by atoms with Gasteiger partial charge in [-0.3, -0.25) is 4.79 Å². The highest BCUT2D eigenvalue weighted by molar-refractivity contribution is 6.88. The predicted molar refractivity (Wildman–Crippen MR) is 89.0 cm³/mol. The van der Waals surface area contributed by atoms with Crippen molar-refractivity contribution in [2.24, 2.45) is 0 Å². The van der Waals surface area contributed by atoms with Crippen molar-refractivity contribution in [1.29, 1.82) is 0 Å². The Morgan fingerprint density at radius 1 is 1.15 bits per heavy atom. The van der Waals surface area contributed by atoms with Gasteiger partial charge in [0.15, 0.2) is 0 Å². The summed E-state index contributed by atoms with van der Waals surface area (Å²) in [6, 6.07) is 9.09. The summed E-state index contributed by atoms with van der Waals surface area (Å²) in [6.07, 6.45) is 0.533. The Morgan fingerprint density at radius 3 is 2.25 bits per heavy atom. The number of amides is 1. The summed E-state index contributed by atoms with van der Waals surface area (Å²) in [4.78, 5) is 11.5. The standard InChI is InChI=1S/C16H28N2OSi/c1-13(2)18-16(19)10-11-17-12-14-6-8-15(9-7-14)20(3,4)5/h6-9,13,17H,10-12H2,1-5H3,(H,18,19). The topological polar surface area (TPSA) is 41.1 Å². The van der Waals surface area contributed by atoms with E-state index in [1.165, 1.54) is 10.8 Å². The molecule has 3 nitrogen and oxygen atoms in total. The van der Waals surface area contributed by atoms with Crippen LogP contribution in [-0.4, -0.2) is 26.6 Å². The Balaban J connectivity index is 2.31. The molecular formula is C16H28N2OSi. The maximum absolute atomic E-state index is 11.5. The molecule has 0 aliphatic heterocycles. The zero-order chi connectivity index (χ0) is 15.2. The van der Waals surface area contributed by atoms with Crippen molar-refractivity contribution in [2.75, 3.05) is 6.54 Å². The van der Waals surface area contributed by atoms with Gasteiger partial charge in [0.25, 0.3) is 0 Å². The lowest BCUT2D eigenvalue weighted by Crippen LogP contribution is -2.37. The van der Waals surface area contributed by atoms with Crippen LogP contribution < -0.4 is 15.8 Å². The number of rotatable bonds is 7. The number of hydrogen-bond donors (Lipinski definition) is 2. The van der Waals surface area contributed by atoms with Gasteiger partial charge in [0.2, 0.25) is 5.91 Å². The number of carbonyl (C=O) groups excluding carboxylic acids is 1. The molecule has 112 valence electrons. The summed E-state index contributed by atoms with van der Waals surface area (Å²) < 4.78 is 0. The van der Waals surface area contributed by atoms with Crippen molar-refractivity contribution < 1.29 is 4.79 Å². The van der Waals surface area contributed by atoms with E-state index in [1.807, 2.05) is 13.8 Å². The summed E-state index contributed by atoms with van der Waals surface area (Å²) in [6.45, 7) is 12.6. The van der Waals surface area contributed by atoms with Crippen LogP contribution in [0.3, 0.4) is 0 Å². The van der Waals surface area contributed by atoms with Gasteiger partial charge >= 0.3 is 0 Å². The zero-order valence-electron chi connectivity index (χ0n) is 13.4. The lowest BCUT2D eigenvalue weighted by atomic mass is 10.2. The van der Waals surface area contributed by atoms with Crippen LogP contribution in [0.25, 0.3) is 0 Å². The molecule has 0 atom stereocenters. The second kappa shape index (κ2) is 7.60. The van der Waals surface area contributed by atoms with E-state index in [0.717, 1.165) is 6.54 Å². The minimum Gasteiger partial charge on any atom is -0.354 e. The molecule has 0 aromatic heterocycles. The molecule has 1 aromatic carbocycles. The Labute approximate surface area is 124 Å². The average molecular weight is 292 g/mol. The van der Waals surface area contributed by atoms with E-state index >= 15 is 0 Å². The van der Waals surface area contributed by atoms with Gasteiger partial charge in [0.1, 0.15) is 0 Å². The van der Waals surface area contributed by atoms with Gasteiger partial charge in [-0.1, -0.05) is 49.1 Å². The van der Waals surface area contributed by atoms with Crippen LogP contribution in [0.4, 0.5) is 0 Å². The second-order valence-electron chi connectivity index (χ2n) is 6.60. The molecule has 0 bridgehead atoms. The number of nitrogens with one attached hydrogen (secondary N) is 2. The Morgan fingerprint density at radius 2 is 1.75 bits per heavy atom. The average Bonchev–Trinajstić information content (AvgIpc) is 2.33. The second-order valence-corrected chi connectivity index (χ2v) is 11.7. The van der Waals surface area contributed by atoms with E-state index in [2.05, 4.69) is 54.5 Å². The van der Waals surface area contributed by atoms with Crippen LogP contribution in [0.15, 0.2) is 24.3 Å². The van der Waals surface area contributed by atoms with Gasteiger partial charge in [0, 0.05) is 25.6 Å². The van der Waals surface area contributed by atoms with Crippen molar-refractivity contribution in [1.82, 2.24) is 10.6 Å². The lowest BCUT2D eigenvalue weighted by Gasteiger charge is -2.16. The smallest absolute Gasteiger partial charge is 0.221 e. The molecule has 4 heteroatoms. The third-order valence-corrected chi connectivity index (χ3v) is 5.19. The number of carbonyl (C=O) groups is 1. The van der Waals surface area contributed by atoms with Crippen LogP contribution in [0.1, 0.15) is 25.8 Å². The highest BCUT2D eigenvalue weighted by Crippen LogP contribution is 2.04. The Hall–Kier alpha value is -1.13. The minimum atomic E-state index is -1.20. The summed E-state index contributed by atoms with van der Waals surface area (Å²) >= 11 is 0. The molecule has 1 aromatic rings. The zero-order valence-corrected chi connectivity index (χ0v) is 14.4. The normalized spacial score (nSPS) is 11.7. The van der Waals surface area contributed by atoms with E-state index in [4.69, 9.17) is 0 Å². The first-order valence-corrected chi connectivity index (χ1v) is 10.9. The lowest BCUT2D eigenvalue weighted by molar-refractivity contribution is -0.121. The third kappa shape index (κ3) is 6.35. The molecule has 0 unspecified atom stereocenters. The maximum Gasteiger partial charge on any atom is 0.221 e. The molecule has 0 saturated heterocycles. The first kappa shape index (κ1) is 16.9. The van der Waals surface area contributed by atoms with Crippen molar-refractivity contribution in [3.05, 3.63) is 29.8 Å². The van der Waals surface area contributed by atoms with Gasteiger partial charge in [0.05, 0.1) is 8.07 Å². The fraction of sp³-hybridized carbons (Fsp3) is 0.562. The summed E-state index contributed by atoms with van der Waals surface area (Å²) in [5.41, 5.74) is 1.27. The van der Waals surface area contributed by atoms with E-state index < -0.39 is 8.07 Å². The molecule has 2 N–H and O–H groups in total. The van der Waals surface area contributed by atoms with Crippen molar-refractivity contribution in [2.45, 2.75) is 52.5 Å². The molecule has 20 heavy (non-hydrogen) atoms. The molecule has 0 aliphatic rings. The fourth-order valence-electron chi connectivity index (χ4n) is 1.95. The van der Waals surface area contributed by atoms with Crippen LogP contribution in [0, 0.1) is 0 Å². The molecule has 0 heterocycles. The quantitative estimate of drug-likeness (QED) is 0.598. The molecule has 0 fully saturated rings. The van der Waals surface area contributed by atoms with Crippen molar-refractivity contribution in [3.8, 4) is 0 Å². The highest BCUT2D eigenvalue weighted by atomic mass is 28.3. The largest absolute Gasteiger partial charge is 0.354 e. The minimum absolute atomic E-state index is 0.113. The number of benzene rings is 1. The van der Waals surface area contributed by atoms with Gasteiger partial charge in [-0.2, -0.15) is 0 Å². The summed E-state index contributed by atoms with van der Waals surface area (Å²) in [5, 5.41) is 7.69. The van der Waals surface area contributed by atoms with E-state index in [-0.39, 0.29) is 11.9 Å². The predicted octanol–water partition coefficient (Wildman–Crippen LogP) is 2.24. The van der Waals surface area contributed by atoms with E-state index in [0.29, 0.717) is 13.0 Å². The van der Waals surface area contributed by atoms with E-state index in [1.54, 1.807) is 0 Å². The van der Waals surface area contributed by atoms with Crippen molar-refractivity contribution in [3.63, 3.8) is 0 Å². The molecule has 0 aliphatic carbocycles. The third-order valence-electron chi connectivity index (χ3n) is 3.13. The van der Waals surface area contributed by atoms with Gasteiger partial charge < -0.3 is 10.6 Å². The fourth-order valence-corrected chi connectivity index (χ4v) is 3.12. The molecule has 1 amide bonds. The van der Waals surface area contributed by atoms with Crippen molar-refractivity contribution >= 4 is 19.2 Å². The SMILES string of the molecule is CC(C)NC(=O)CCNCc1ccc([Si](C)(C)C)cc1. The van der Waals surface area contributed by atoms with Crippen LogP contribution >= 0.6 is 0 Å². The first-order valence-electron chi connectivity index (χ1n) is 7.38. The van der Waals surface area contributed by atoms with E-state index in [9.17, 15) is 4.79 Å². The van der Waals surface area contributed by atoms with Crippen LogP contribution in [0.5, 0.6) is 0 Å². The Kier molecular flexibility index (Phi) is 6.43. The first-order chi connectivity index (χ1) is 9.29. The van der Waals surface area contributed by atoms with Gasteiger partial charge in [-0.15, -0.1) is 0 Å². The Bertz CT molecular complexity index is 421. The summed E-state index contributed by atoms with van der Waals surface area (Å²) in [5.74, 6) is 0.113. The molecule has 0 radical (unpaired) electrons.